The van der Waals surface area contributed by atoms with E-state index in [1.807, 2.05) is 17.5 Å². The van der Waals surface area contributed by atoms with Crippen LogP contribution in [0.15, 0.2) is 17.5 Å². The zero-order chi connectivity index (χ0) is 15.4. The minimum atomic E-state index is -0.986. The number of carbonyl (C=O) groups is 3. The van der Waals surface area contributed by atoms with E-state index in [4.69, 9.17) is 5.11 Å². The summed E-state index contributed by atoms with van der Waals surface area (Å²) >= 11 is 2.88. The first-order valence-electron chi connectivity index (χ1n) is 6.39. The highest BCUT2D eigenvalue weighted by Gasteiger charge is 2.35. The molecule has 1 fully saturated rings. The number of nitrogens with one attached hydrogen (secondary N) is 1. The lowest BCUT2D eigenvalue weighted by Crippen LogP contribution is -2.43. The summed E-state index contributed by atoms with van der Waals surface area (Å²) in [6.07, 6.45) is 0.0738. The van der Waals surface area contributed by atoms with Crippen molar-refractivity contribution in [2.75, 3.05) is 11.6 Å². The third-order valence-corrected chi connectivity index (χ3v) is 5.13. The van der Waals surface area contributed by atoms with Gasteiger partial charge >= 0.3 is 5.97 Å². The summed E-state index contributed by atoms with van der Waals surface area (Å²) in [7, 11) is 0. The average molecular weight is 328 g/mol. The van der Waals surface area contributed by atoms with Crippen LogP contribution in [0, 0.1) is 0 Å². The van der Waals surface area contributed by atoms with Gasteiger partial charge in [0.05, 0.1) is 18.3 Å². The molecule has 114 valence electrons. The minimum Gasteiger partial charge on any atom is -0.480 e. The van der Waals surface area contributed by atoms with Crippen molar-refractivity contribution in [1.82, 2.24) is 10.2 Å². The van der Waals surface area contributed by atoms with Gasteiger partial charge in [-0.05, 0) is 11.4 Å². The molecule has 2 N–H and O–H groups in total. The van der Waals surface area contributed by atoms with Gasteiger partial charge in [0.1, 0.15) is 6.04 Å². The first-order chi connectivity index (χ1) is 9.99. The summed E-state index contributed by atoms with van der Waals surface area (Å²) in [5.41, 5.74) is 0. The van der Waals surface area contributed by atoms with E-state index in [1.54, 1.807) is 0 Å². The van der Waals surface area contributed by atoms with Gasteiger partial charge in [-0.15, -0.1) is 23.1 Å². The number of thiophene rings is 1. The van der Waals surface area contributed by atoms with Crippen LogP contribution in [0.1, 0.15) is 24.3 Å². The first kappa shape index (κ1) is 15.8. The van der Waals surface area contributed by atoms with Gasteiger partial charge in [0, 0.05) is 17.6 Å². The van der Waals surface area contributed by atoms with E-state index in [-0.39, 0.29) is 18.2 Å². The molecule has 0 radical (unpaired) electrons. The number of aliphatic carboxylic acids is 1. The van der Waals surface area contributed by atoms with E-state index in [1.165, 1.54) is 34.9 Å². The van der Waals surface area contributed by atoms with Gasteiger partial charge in [0.2, 0.25) is 11.8 Å². The molecule has 2 unspecified atom stereocenters. The van der Waals surface area contributed by atoms with Gasteiger partial charge in [0.25, 0.3) is 0 Å². The van der Waals surface area contributed by atoms with Crippen molar-refractivity contribution in [3.05, 3.63) is 22.4 Å². The maximum absolute atomic E-state index is 12.3. The molecule has 1 aromatic heterocycles. The molecule has 6 nitrogen and oxygen atoms in total. The molecule has 2 atom stereocenters. The van der Waals surface area contributed by atoms with Crippen LogP contribution < -0.4 is 5.32 Å². The largest absolute Gasteiger partial charge is 0.480 e. The number of nitrogens with zero attached hydrogens (tertiary/aromatic N) is 1. The lowest BCUT2D eigenvalue weighted by molar-refractivity contribution is -0.148. The number of carbonyl (C=O) groups excluding carboxylic acids is 2. The Morgan fingerprint density at radius 2 is 2.29 bits per heavy atom. The fourth-order valence-electron chi connectivity index (χ4n) is 2.14. The molecule has 0 spiro atoms. The normalized spacial score (nSPS) is 19.3. The molecule has 2 rings (SSSR count). The predicted molar refractivity (Wildman–Crippen MR) is 81.1 cm³/mol. The standard InChI is InChI=1S/C13H16N2O4S2/c1-8(16)14-9(11-3-2-4-21-11)5-12(17)15-7-20-6-10(15)13(18)19/h2-4,9-10H,5-7H2,1H3,(H,14,16)(H,18,19). The van der Waals surface area contributed by atoms with E-state index in [9.17, 15) is 14.4 Å². The van der Waals surface area contributed by atoms with E-state index in [2.05, 4.69) is 5.32 Å². The molecule has 8 heteroatoms. The molecule has 2 amide bonds. The molecule has 21 heavy (non-hydrogen) atoms. The zero-order valence-electron chi connectivity index (χ0n) is 11.4. The molecular formula is C13H16N2O4S2. The highest BCUT2D eigenvalue weighted by Crippen LogP contribution is 2.27. The third kappa shape index (κ3) is 3.98. The highest BCUT2D eigenvalue weighted by atomic mass is 32.2. The number of amides is 2. The molecular weight excluding hydrogens is 312 g/mol. The van der Waals surface area contributed by atoms with Gasteiger partial charge in [-0.3, -0.25) is 9.59 Å². The van der Waals surface area contributed by atoms with Gasteiger partial charge < -0.3 is 15.3 Å². The van der Waals surface area contributed by atoms with Crippen LogP contribution in [0.2, 0.25) is 0 Å². The van der Waals surface area contributed by atoms with Crippen LogP contribution in [0.4, 0.5) is 0 Å². The van der Waals surface area contributed by atoms with Gasteiger partial charge in [0.15, 0.2) is 0 Å². The number of hydrogen-bond acceptors (Lipinski definition) is 5. The minimum absolute atomic E-state index is 0.0738. The van der Waals surface area contributed by atoms with E-state index < -0.39 is 18.1 Å². The Morgan fingerprint density at radius 3 is 2.86 bits per heavy atom. The topological polar surface area (TPSA) is 86.7 Å². The van der Waals surface area contributed by atoms with Crippen LogP contribution in [0.25, 0.3) is 0 Å². The Morgan fingerprint density at radius 1 is 1.52 bits per heavy atom. The van der Waals surface area contributed by atoms with Gasteiger partial charge in [-0.1, -0.05) is 6.07 Å². The molecule has 0 bridgehead atoms. The molecule has 0 saturated carbocycles. The smallest absolute Gasteiger partial charge is 0.327 e. The molecule has 1 aliphatic rings. The van der Waals surface area contributed by atoms with Crippen LogP contribution in [0.5, 0.6) is 0 Å². The van der Waals surface area contributed by atoms with Crippen molar-refractivity contribution in [2.45, 2.75) is 25.4 Å². The Labute approximate surface area is 130 Å². The third-order valence-electron chi connectivity index (χ3n) is 3.13. The highest BCUT2D eigenvalue weighted by molar-refractivity contribution is 7.99. The average Bonchev–Trinajstić information content (AvgIpc) is 3.08. The Hall–Kier alpha value is -1.54. The van der Waals surface area contributed by atoms with Gasteiger partial charge in [-0.25, -0.2) is 4.79 Å². The van der Waals surface area contributed by atoms with Crippen molar-refractivity contribution >= 4 is 40.9 Å². The maximum Gasteiger partial charge on any atom is 0.327 e. The lowest BCUT2D eigenvalue weighted by atomic mass is 10.1. The summed E-state index contributed by atoms with van der Waals surface area (Å²) in [5.74, 6) is -0.662. The number of rotatable bonds is 5. The SMILES string of the molecule is CC(=O)NC(CC(=O)N1CSCC1C(=O)O)c1cccs1. The van der Waals surface area contributed by atoms with E-state index >= 15 is 0 Å². The van der Waals surface area contributed by atoms with Crippen molar-refractivity contribution in [2.24, 2.45) is 0 Å². The second-order valence-electron chi connectivity index (χ2n) is 4.69. The van der Waals surface area contributed by atoms with Crippen molar-refractivity contribution in [3.8, 4) is 0 Å². The molecule has 1 aliphatic heterocycles. The Bertz CT molecular complexity index is 532. The predicted octanol–water partition coefficient (Wildman–Crippen LogP) is 1.30. The summed E-state index contributed by atoms with van der Waals surface area (Å²) in [6, 6.07) is 2.52. The summed E-state index contributed by atoms with van der Waals surface area (Å²) < 4.78 is 0. The first-order valence-corrected chi connectivity index (χ1v) is 8.43. The molecule has 1 saturated heterocycles. The van der Waals surface area contributed by atoms with Crippen LogP contribution in [0.3, 0.4) is 0 Å². The quantitative estimate of drug-likeness (QED) is 0.851. The monoisotopic (exact) mass is 328 g/mol. The van der Waals surface area contributed by atoms with E-state index in [0.717, 1.165) is 4.88 Å². The fourth-order valence-corrected chi connectivity index (χ4v) is 4.09. The molecule has 0 aromatic carbocycles. The number of carboxylic acid groups (broad SMARTS) is 1. The van der Waals surface area contributed by atoms with Crippen molar-refractivity contribution in [1.29, 1.82) is 0 Å². The molecule has 2 heterocycles. The second kappa shape index (κ2) is 6.95. The summed E-state index contributed by atoms with van der Waals surface area (Å²) in [4.78, 5) is 37.0. The fraction of sp³-hybridized carbons (Fsp3) is 0.462. The number of carboxylic acids is 1. The van der Waals surface area contributed by atoms with Crippen LogP contribution in [-0.4, -0.2) is 45.5 Å². The molecule has 0 aliphatic carbocycles. The second-order valence-corrected chi connectivity index (χ2v) is 6.67. The summed E-state index contributed by atoms with van der Waals surface area (Å²) in [6.45, 7) is 1.40. The lowest BCUT2D eigenvalue weighted by Gasteiger charge is -2.23. The number of thioether (sulfide) groups is 1. The Kier molecular flexibility index (Phi) is 5.24. The Balaban J connectivity index is 2.07. The zero-order valence-corrected chi connectivity index (χ0v) is 13.1. The van der Waals surface area contributed by atoms with Gasteiger partial charge in [-0.2, -0.15) is 0 Å². The molecule has 1 aromatic rings. The van der Waals surface area contributed by atoms with E-state index in [0.29, 0.717) is 11.6 Å². The van der Waals surface area contributed by atoms with Crippen LogP contribution >= 0.6 is 23.1 Å². The maximum atomic E-state index is 12.3. The summed E-state index contributed by atoms with van der Waals surface area (Å²) in [5, 5.41) is 13.7. The van der Waals surface area contributed by atoms with Crippen LogP contribution in [-0.2, 0) is 14.4 Å². The number of hydrogen-bond donors (Lipinski definition) is 2. The van der Waals surface area contributed by atoms with Crippen molar-refractivity contribution < 1.29 is 19.5 Å². The van der Waals surface area contributed by atoms with Crippen molar-refractivity contribution in [3.63, 3.8) is 0 Å².